The summed E-state index contributed by atoms with van der Waals surface area (Å²) in [7, 11) is 0. The van der Waals surface area contributed by atoms with Crippen LogP contribution >= 0.6 is 23.2 Å². The van der Waals surface area contributed by atoms with E-state index in [1.54, 1.807) is 0 Å². The summed E-state index contributed by atoms with van der Waals surface area (Å²) in [6.45, 7) is 3.74. The summed E-state index contributed by atoms with van der Waals surface area (Å²) in [6, 6.07) is 6.63. The summed E-state index contributed by atoms with van der Waals surface area (Å²) >= 11 is 12.3. The molecular formula is C13H18Cl2N2. The van der Waals surface area contributed by atoms with Gasteiger partial charge in [0.15, 0.2) is 0 Å². The Balaban J connectivity index is 2.30. The van der Waals surface area contributed by atoms with Gasteiger partial charge in [-0.1, -0.05) is 42.3 Å². The number of rotatable bonds is 5. The number of nitrogens with zero attached hydrogens (tertiary/aromatic N) is 1. The van der Waals surface area contributed by atoms with E-state index in [9.17, 15) is 0 Å². The standard InChI is InChI=1S/C13H18Cl2N2/c1-2-17(9-6-7-9)12(8-16)10-4-3-5-11(14)13(10)15/h3-5,9,12H,2,6-8,16H2,1H3. The lowest BCUT2D eigenvalue weighted by molar-refractivity contribution is 0.202. The fourth-order valence-electron chi connectivity index (χ4n) is 2.36. The zero-order valence-corrected chi connectivity index (χ0v) is 11.5. The van der Waals surface area contributed by atoms with Crippen molar-refractivity contribution in [3.63, 3.8) is 0 Å². The van der Waals surface area contributed by atoms with Crippen LogP contribution in [0.4, 0.5) is 0 Å². The SMILES string of the molecule is CCN(C1CC1)C(CN)c1cccc(Cl)c1Cl. The van der Waals surface area contributed by atoms with Gasteiger partial charge in [-0.3, -0.25) is 4.90 Å². The average Bonchev–Trinajstić information content (AvgIpc) is 3.14. The fraction of sp³-hybridized carbons (Fsp3) is 0.538. The van der Waals surface area contributed by atoms with Gasteiger partial charge in [0.05, 0.1) is 10.0 Å². The molecule has 1 saturated carbocycles. The van der Waals surface area contributed by atoms with Crippen molar-refractivity contribution in [2.24, 2.45) is 5.73 Å². The van der Waals surface area contributed by atoms with E-state index in [1.165, 1.54) is 12.8 Å². The Kier molecular flexibility index (Phi) is 4.31. The van der Waals surface area contributed by atoms with Gasteiger partial charge in [-0.15, -0.1) is 0 Å². The van der Waals surface area contributed by atoms with Gasteiger partial charge < -0.3 is 5.73 Å². The first-order valence-electron chi connectivity index (χ1n) is 6.08. The highest BCUT2D eigenvalue weighted by molar-refractivity contribution is 6.42. The Labute approximate surface area is 113 Å². The molecule has 0 aromatic heterocycles. The second kappa shape index (κ2) is 5.57. The second-order valence-corrected chi connectivity index (χ2v) is 5.24. The molecule has 0 aliphatic heterocycles. The molecule has 1 aliphatic rings. The number of likely N-dealkylation sites (N-methyl/N-ethyl adjacent to an activating group) is 1. The quantitative estimate of drug-likeness (QED) is 0.890. The maximum absolute atomic E-state index is 6.28. The van der Waals surface area contributed by atoms with Gasteiger partial charge in [0.25, 0.3) is 0 Å². The summed E-state index contributed by atoms with van der Waals surface area (Å²) in [5, 5.41) is 1.25. The topological polar surface area (TPSA) is 29.3 Å². The molecule has 2 N–H and O–H groups in total. The molecule has 2 rings (SSSR count). The number of hydrogen-bond donors (Lipinski definition) is 1. The minimum Gasteiger partial charge on any atom is -0.329 e. The van der Waals surface area contributed by atoms with E-state index in [0.29, 0.717) is 22.6 Å². The van der Waals surface area contributed by atoms with Crippen molar-refractivity contribution in [1.82, 2.24) is 4.90 Å². The Morgan fingerprint density at radius 2 is 2.12 bits per heavy atom. The van der Waals surface area contributed by atoms with Crippen LogP contribution in [0.2, 0.25) is 10.0 Å². The average molecular weight is 273 g/mol. The zero-order valence-electron chi connectivity index (χ0n) is 10.00. The van der Waals surface area contributed by atoms with Crippen molar-refractivity contribution < 1.29 is 0 Å². The smallest absolute Gasteiger partial charge is 0.0640 e. The van der Waals surface area contributed by atoms with Crippen molar-refractivity contribution in [2.75, 3.05) is 13.1 Å². The van der Waals surface area contributed by atoms with Crippen LogP contribution in [0.15, 0.2) is 18.2 Å². The zero-order chi connectivity index (χ0) is 12.4. The van der Waals surface area contributed by atoms with E-state index < -0.39 is 0 Å². The van der Waals surface area contributed by atoms with Crippen molar-refractivity contribution in [3.05, 3.63) is 33.8 Å². The third-order valence-electron chi connectivity index (χ3n) is 3.35. The van der Waals surface area contributed by atoms with Gasteiger partial charge in [-0.2, -0.15) is 0 Å². The van der Waals surface area contributed by atoms with Crippen LogP contribution in [-0.4, -0.2) is 24.0 Å². The van der Waals surface area contributed by atoms with E-state index in [1.807, 2.05) is 18.2 Å². The Morgan fingerprint density at radius 3 is 2.65 bits per heavy atom. The molecule has 2 nitrogen and oxygen atoms in total. The van der Waals surface area contributed by atoms with Gasteiger partial charge in [0.2, 0.25) is 0 Å². The predicted octanol–water partition coefficient (Wildman–Crippen LogP) is 3.48. The molecule has 0 amide bonds. The third-order valence-corrected chi connectivity index (χ3v) is 4.18. The van der Waals surface area contributed by atoms with E-state index in [0.717, 1.165) is 12.1 Å². The first-order valence-corrected chi connectivity index (χ1v) is 6.84. The summed E-state index contributed by atoms with van der Waals surface area (Å²) in [4.78, 5) is 2.43. The summed E-state index contributed by atoms with van der Waals surface area (Å²) in [5.41, 5.74) is 6.97. The molecule has 0 saturated heterocycles. The first kappa shape index (κ1) is 13.2. The van der Waals surface area contributed by atoms with Crippen LogP contribution in [0.1, 0.15) is 31.4 Å². The molecule has 1 aromatic rings. The van der Waals surface area contributed by atoms with E-state index >= 15 is 0 Å². The molecule has 0 bridgehead atoms. The molecule has 4 heteroatoms. The number of nitrogens with two attached hydrogens (primary N) is 1. The lowest BCUT2D eigenvalue weighted by Crippen LogP contribution is -2.35. The molecular weight excluding hydrogens is 255 g/mol. The van der Waals surface area contributed by atoms with Crippen LogP contribution in [0.3, 0.4) is 0 Å². The Bertz CT molecular complexity index is 391. The minimum absolute atomic E-state index is 0.179. The van der Waals surface area contributed by atoms with Gasteiger partial charge in [0, 0.05) is 18.6 Å². The monoisotopic (exact) mass is 272 g/mol. The van der Waals surface area contributed by atoms with E-state index in [-0.39, 0.29) is 6.04 Å². The van der Waals surface area contributed by atoms with Crippen molar-refractivity contribution in [1.29, 1.82) is 0 Å². The van der Waals surface area contributed by atoms with E-state index in [2.05, 4.69) is 11.8 Å². The third kappa shape index (κ3) is 2.76. The van der Waals surface area contributed by atoms with Gasteiger partial charge in [-0.25, -0.2) is 0 Å². The molecule has 0 radical (unpaired) electrons. The van der Waals surface area contributed by atoms with Crippen LogP contribution in [0.5, 0.6) is 0 Å². The maximum atomic E-state index is 6.28. The van der Waals surface area contributed by atoms with Crippen LogP contribution in [0.25, 0.3) is 0 Å². The first-order chi connectivity index (χ1) is 8.19. The van der Waals surface area contributed by atoms with Crippen molar-refractivity contribution in [2.45, 2.75) is 31.8 Å². The molecule has 17 heavy (non-hydrogen) atoms. The summed E-state index contributed by atoms with van der Waals surface area (Å²) in [6.07, 6.45) is 2.53. The van der Waals surface area contributed by atoms with Crippen LogP contribution in [0, 0.1) is 0 Å². The normalized spacial score (nSPS) is 17.5. The molecule has 1 unspecified atom stereocenters. The van der Waals surface area contributed by atoms with Crippen LogP contribution < -0.4 is 5.73 Å². The fourth-order valence-corrected chi connectivity index (χ4v) is 2.79. The highest BCUT2D eigenvalue weighted by atomic mass is 35.5. The predicted molar refractivity (Wildman–Crippen MR) is 73.7 cm³/mol. The summed E-state index contributed by atoms with van der Waals surface area (Å²) in [5.74, 6) is 0. The Morgan fingerprint density at radius 1 is 1.41 bits per heavy atom. The molecule has 94 valence electrons. The minimum atomic E-state index is 0.179. The number of halogens is 2. The molecule has 1 aromatic carbocycles. The highest BCUT2D eigenvalue weighted by Crippen LogP contribution is 2.37. The van der Waals surface area contributed by atoms with Crippen LogP contribution in [-0.2, 0) is 0 Å². The van der Waals surface area contributed by atoms with Gasteiger partial charge in [-0.05, 0) is 31.0 Å². The van der Waals surface area contributed by atoms with E-state index in [4.69, 9.17) is 28.9 Å². The molecule has 1 atom stereocenters. The highest BCUT2D eigenvalue weighted by Gasteiger charge is 2.33. The molecule has 0 spiro atoms. The summed E-state index contributed by atoms with van der Waals surface area (Å²) < 4.78 is 0. The second-order valence-electron chi connectivity index (χ2n) is 4.46. The van der Waals surface area contributed by atoms with Gasteiger partial charge in [0.1, 0.15) is 0 Å². The Hall–Kier alpha value is -0.280. The number of hydrogen-bond acceptors (Lipinski definition) is 2. The number of benzene rings is 1. The molecule has 0 heterocycles. The molecule has 1 aliphatic carbocycles. The van der Waals surface area contributed by atoms with Crippen molar-refractivity contribution >= 4 is 23.2 Å². The van der Waals surface area contributed by atoms with Crippen molar-refractivity contribution in [3.8, 4) is 0 Å². The molecule has 1 fully saturated rings. The largest absolute Gasteiger partial charge is 0.329 e. The maximum Gasteiger partial charge on any atom is 0.0640 e. The lowest BCUT2D eigenvalue weighted by Gasteiger charge is -2.31. The van der Waals surface area contributed by atoms with Gasteiger partial charge >= 0.3 is 0 Å². The lowest BCUT2D eigenvalue weighted by atomic mass is 10.0.